The molecule has 0 unspecified atom stereocenters. The summed E-state index contributed by atoms with van der Waals surface area (Å²) in [7, 11) is -8.70. The van der Waals surface area contributed by atoms with Crippen molar-refractivity contribution < 1.29 is 30.5 Å². The normalized spacial score (nSPS) is 12.5. The number of hydrogen-bond donors (Lipinski definition) is 5. The number of hydrogen-bond acceptors (Lipinski definition) is 11. The molecule has 29 heavy (non-hydrogen) atoms. The second kappa shape index (κ2) is 10.8. The number of fused-ring (bicyclic) bond motifs is 1. The summed E-state index contributed by atoms with van der Waals surface area (Å²) in [5.74, 6) is 0.881. The zero-order valence-corrected chi connectivity index (χ0v) is 18.7. The highest BCUT2D eigenvalue weighted by Crippen LogP contribution is 2.31. The van der Waals surface area contributed by atoms with E-state index in [9.17, 15) is 21.9 Å². The molecule has 2 aromatic rings. The molecular weight excluding hydrogens is 460 g/mol. The van der Waals surface area contributed by atoms with Crippen molar-refractivity contribution in [2.24, 2.45) is 0 Å². The van der Waals surface area contributed by atoms with Gasteiger partial charge in [0.1, 0.15) is 10.6 Å². The van der Waals surface area contributed by atoms with E-state index in [0.717, 1.165) is 6.07 Å². The fourth-order valence-electron chi connectivity index (χ4n) is 2.27. The molecule has 2 rings (SSSR count). The van der Waals surface area contributed by atoms with Gasteiger partial charge in [0.05, 0.1) is 4.90 Å². The van der Waals surface area contributed by atoms with Gasteiger partial charge in [-0.1, -0.05) is 6.07 Å². The van der Waals surface area contributed by atoms with Gasteiger partial charge in [-0.25, -0.2) is 0 Å². The van der Waals surface area contributed by atoms with Crippen molar-refractivity contribution in [2.45, 2.75) is 22.6 Å². The number of phenolic OH excluding ortho intramolecular Hbond substituents is 1. The summed E-state index contributed by atoms with van der Waals surface area (Å²) in [6.45, 7) is 0.468. The lowest BCUT2D eigenvalue weighted by Gasteiger charge is -2.12. The molecule has 0 saturated heterocycles. The molecule has 162 valence electrons. The number of nitrogens with one attached hydrogen (secondary N) is 2. The lowest BCUT2D eigenvalue weighted by molar-refractivity contribution is 0.204. The maximum Gasteiger partial charge on any atom is 0.313 e. The summed E-state index contributed by atoms with van der Waals surface area (Å²) in [6, 6.07) is 6.09. The minimum absolute atomic E-state index is 0.1000. The predicted molar refractivity (Wildman–Crippen MR) is 115 cm³/mol. The SMILES string of the molecule is O=S(=O)(ONCCCS)c1cc(S(=O)(=O)ONCCCS)c2cc(O)ccc2c1. The Morgan fingerprint density at radius 3 is 2.03 bits per heavy atom. The van der Waals surface area contributed by atoms with Crippen LogP contribution in [0.15, 0.2) is 40.1 Å². The van der Waals surface area contributed by atoms with Crippen LogP contribution in [-0.4, -0.2) is 46.5 Å². The van der Waals surface area contributed by atoms with Crippen molar-refractivity contribution >= 4 is 56.3 Å². The van der Waals surface area contributed by atoms with Gasteiger partial charge in [-0.2, -0.15) is 61.6 Å². The molecule has 0 saturated carbocycles. The van der Waals surface area contributed by atoms with Crippen molar-refractivity contribution in [2.75, 3.05) is 24.6 Å². The van der Waals surface area contributed by atoms with Crippen molar-refractivity contribution in [3.63, 3.8) is 0 Å². The zero-order chi connectivity index (χ0) is 21.5. The van der Waals surface area contributed by atoms with E-state index in [-0.39, 0.29) is 34.5 Å². The Morgan fingerprint density at radius 1 is 0.862 bits per heavy atom. The number of phenols is 1. The molecule has 0 atom stereocenters. The second-order valence-electron chi connectivity index (χ2n) is 5.84. The summed E-state index contributed by atoms with van der Waals surface area (Å²) >= 11 is 8.03. The van der Waals surface area contributed by atoms with E-state index in [4.69, 9.17) is 8.57 Å². The number of aromatic hydroxyl groups is 1. The van der Waals surface area contributed by atoms with Crippen LogP contribution in [-0.2, 0) is 28.8 Å². The van der Waals surface area contributed by atoms with Gasteiger partial charge in [0.2, 0.25) is 0 Å². The maximum absolute atomic E-state index is 12.7. The van der Waals surface area contributed by atoms with Crippen LogP contribution in [0, 0.1) is 0 Å². The van der Waals surface area contributed by atoms with Crippen molar-refractivity contribution in [1.82, 2.24) is 11.0 Å². The topological polar surface area (TPSA) is 131 Å². The van der Waals surface area contributed by atoms with Crippen molar-refractivity contribution in [1.29, 1.82) is 0 Å². The molecule has 0 spiro atoms. The molecule has 0 amide bonds. The Kier molecular flexibility index (Phi) is 9.03. The Morgan fingerprint density at radius 2 is 1.45 bits per heavy atom. The van der Waals surface area contributed by atoms with Crippen LogP contribution >= 0.6 is 25.3 Å². The van der Waals surface area contributed by atoms with E-state index < -0.39 is 25.1 Å². The Balaban J connectivity index is 2.46. The van der Waals surface area contributed by atoms with E-state index in [0.29, 0.717) is 24.3 Å². The third kappa shape index (κ3) is 6.72. The van der Waals surface area contributed by atoms with Crippen LogP contribution in [0.25, 0.3) is 10.8 Å². The number of benzene rings is 2. The first-order chi connectivity index (χ1) is 13.7. The highest BCUT2D eigenvalue weighted by Gasteiger charge is 2.25. The van der Waals surface area contributed by atoms with Crippen LogP contribution in [0.5, 0.6) is 5.75 Å². The molecule has 13 heteroatoms. The number of hydroxylamine groups is 2. The molecule has 0 bridgehead atoms. The standard InChI is InChI=1S/C16H22N2O7S4/c19-13-4-3-12-9-14(28(20,21)24-17-5-1-7-26)11-16(15(12)10-13)29(22,23)25-18-6-2-8-27/h3-4,9-11,17-19,26-27H,1-2,5-8H2. The smallest absolute Gasteiger partial charge is 0.313 e. The second-order valence-corrected chi connectivity index (χ2v) is 9.80. The van der Waals surface area contributed by atoms with Crippen LogP contribution in [0.3, 0.4) is 0 Å². The summed E-state index contributed by atoms with van der Waals surface area (Å²) in [4.78, 5) is -0.812. The first-order valence-corrected chi connectivity index (χ1v) is 12.6. The Bertz CT molecular complexity index is 1040. The summed E-state index contributed by atoms with van der Waals surface area (Å²) < 4.78 is 59.8. The van der Waals surface area contributed by atoms with Crippen LogP contribution < -0.4 is 11.0 Å². The molecule has 0 heterocycles. The molecule has 0 radical (unpaired) electrons. The lowest BCUT2D eigenvalue weighted by Crippen LogP contribution is -2.23. The molecule has 2 aromatic carbocycles. The molecule has 3 N–H and O–H groups in total. The quantitative estimate of drug-likeness (QED) is 0.174. The van der Waals surface area contributed by atoms with Crippen LogP contribution in [0.2, 0.25) is 0 Å². The fourth-order valence-corrected chi connectivity index (χ4v) is 4.58. The van der Waals surface area contributed by atoms with Gasteiger partial charge in [-0.3, -0.25) is 0 Å². The fraction of sp³-hybridized carbons (Fsp3) is 0.375. The molecule has 9 nitrogen and oxygen atoms in total. The van der Waals surface area contributed by atoms with E-state index >= 15 is 0 Å². The Labute approximate surface area is 180 Å². The van der Waals surface area contributed by atoms with E-state index in [1.807, 2.05) is 0 Å². The van der Waals surface area contributed by atoms with E-state index in [2.05, 4.69) is 36.2 Å². The lowest BCUT2D eigenvalue weighted by atomic mass is 10.1. The minimum Gasteiger partial charge on any atom is -0.508 e. The minimum atomic E-state index is -4.39. The average molecular weight is 483 g/mol. The first kappa shape index (κ1) is 24.2. The third-order valence-electron chi connectivity index (χ3n) is 3.64. The zero-order valence-electron chi connectivity index (χ0n) is 15.2. The highest BCUT2D eigenvalue weighted by atomic mass is 32.2. The van der Waals surface area contributed by atoms with Gasteiger partial charge in [0, 0.05) is 18.5 Å². The molecule has 0 aliphatic heterocycles. The van der Waals surface area contributed by atoms with Crippen molar-refractivity contribution in [3.8, 4) is 5.75 Å². The number of rotatable bonds is 12. The van der Waals surface area contributed by atoms with Crippen molar-refractivity contribution in [3.05, 3.63) is 30.3 Å². The third-order valence-corrected chi connectivity index (χ3v) is 6.64. The van der Waals surface area contributed by atoms with E-state index in [1.165, 1.54) is 24.3 Å². The largest absolute Gasteiger partial charge is 0.508 e. The summed E-state index contributed by atoms with van der Waals surface area (Å²) in [5, 5.41) is 10.1. The summed E-state index contributed by atoms with van der Waals surface area (Å²) in [6.07, 6.45) is 1.13. The van der Waals surface area contributed by atoms with Crippen LogP contribution in [0.4, 0.5) is 0 Å². The van der Waals surface area contributed by atoms with Gasteiger partial charge >= 0.3 is 20.2 Å². The highest BCUT2D eigenvalue weighted by molar-refractivity contribution is 7.87. The molecular formula is C16H22N2O7S4. The van der Waals surface area contributed by atoms with E-state index in [1.54, 1.807) is 0 Å². The van der Waals surface area contributed by atoms with Gasteiger partial charge in [0.15, 0.2) is 0 Å². The maximum atomic E-state index is 12.7. The van der Waals surface area contributed by atoms with Gasteiger partial charge in [-0.15, -0.1) is 0 Å². The van der Waals surface area contributed by atoms with Gasteiger partial charge in [-0.05, 0) is 54.0 Å². The monoisotopic (exact) mass is 482 g/mol. The summed E-state index contributed by atoms with van der Waals surface area (Å²) in [5.41, 5.74) is 4.62. The van der Waals surface area contributed by atoms with Crippen LogP contribution in [0.1, 0.15) is 12.8 Å². The number of thiol groups is 2. The first-order valence-electron chi connectivity index (χ1n) is 8.52. The molecule has 0 aliphatic carbocycles. The van der Waals surface area contributed by atoms with Gasteiger partial charge < -0.3 is 5.11 Å². The van der Waals surface area contributed by atoms with Gasteiger partial charge in [0.25, 0.3) is 0 Å². The predicted octanol–water partition coefficient (Wildman–Crippen LogP) is 1.60. The average Bonchev–Trinajstić information content (AvgIpc) is 2.67. The molecule has 0 aromatic heterocycles. The molecule has 0 fully saturated rings. The Hall–Kier alpha value is -1.06. The molecule has 0 aliphatic rings.